The van der Waals surface area contributed by atoms with Gasteiger partial charge in [-0.15, -0.1) is 0 Å². The van der Waals surface area contributed by atoms with Crippen LogP contribution in [-0.4, -0.2) is 46.6 Å². The highest BCUT2D eigenvalue weighted by Crippen LogP contribution is 2.21. The SMILES string of the molecule is CC(C)(C)OC(=O)N1CCCC1CNC(=O)c1cccc2cccnc12. The number of carbonyl (C=O) groups excluding carboxylic acids is 2. The molecule has 2 heterocycles. The fraction of sp³-hybridized carbons (Fsp3) is 0.450. The van der Waals surface area contributed by atoms with Crippen molar-refractivity contribution >= 4 is 22.9 Å². The van der Waals surface area contributed by atoms with Crippen molar-refractivity contribution in [1.29, 1.82) is 0 Å². The van der Waals surface area contributed by atoms with Crippen LogP contribution in [0.5, 0.6) is 0 Å². The van der Waals surface area contributed by atoms with Crippen LogP contribution in [0, 0.1) is 0 Å². The first-order chi connectivity index (χ1) is 12.3. The quantitative estimate of drug-likeness (QED) is 0.916. The van der Waals surface area contributed by atoms with Crippen molar-refractivity contribution in [1.82, 2.24) is 15.2 Å². The molecule has 2 amide bonds. The molecule has 0 bridgehead atoms. The molecule has 1 aromatic heterocycles. The monoisotopic (exact) mass is 355 g/mol. The summed E-state index contributed by atoms with van der Waals surface area (Å²) in [5, 5.41) is 3.88. The first kappa shape index (κ1) is 18.2. The van der Waals surface area contributed by atoms with Gasteiger partial charge in [0, 0.05) is 24.7 Å². The van der Waals surface area contributed by atoms with E-state index in [-0.39, 0.29) is 18.0 Å². The van der Waals surface area contributed by atoms with Crippen LogP contribution in [0.2, 0.25) is 0 Å². The van der Waals surface area contributed by atoms with Gasteiger partial charge in [-0.25, -0.2) is 4.79 Å². The summed E-state index contributed by atoms with van der Waals surface area (Å²) < 4.78 is 5.47. The Bertz CT molecular complexity index is 808. The minimum Gasteiger partial charge on any atom is -0.444 e. The summed E-state index contributed by atoms with van der Waals surface area (Å²) in [5.74, 6) is -0.176. The number of pyridine rings is 1. The van der Waals surface area contributed by atoms with Gasteiger partial charge in [0.05, 0.1) is 17.1 Å². The Balaban J connectivity index is 1.66. The van der Waals surface area contributed by atoms with Gasteiger partial charge in [-0.05, 0) is 45.7 Å². The van der Waals surface area contributed by atoms with Gasteiger partial charge in [-0.3, -0.25) is 9.78 Å². The van der Waals surface area contributed by atoms with Crippen LogP contribution in [0.25, 0.3) is 10.9 Å². The molecule has 0 aliphatic carbocycles. The molecular weight excluding hydrogens is 330 g/mol. The standard InChI is InChI=1S/C20H25N3O3/c1-20(2,3)26-19(25)23-12-6-9-15(23)13-22-18(24)16-10-4-7-14-8-5-11-21-17(14)16/h4-5,7-8,10-11,15H,6,9,12-13H2,1-3H3,(H,22,24). The number of para-hydroxylation sites is 1. The number of ether oxygens (including phenoxy) is 1. The van der Waals surface area contributed by atoms with Gasteiger partial charge in [-0.2, -0.15) is 0 Å². The predicted molar refractivity (Wildman–Crippen MR) is 100 cm³/mol. The molecular formula is C20H25N3O3. The molecule has 1 aliphatic heterocycles. The molecule has 2 aromatic rings. The Morgan fingerprint density at radius 1 is 1.27 bits per heavy atom. The van der Waals surface area contributed by atoms with Crippen LogP contribution in [0.1, 0.15) is 44.0 Å². The van der Waals surface area contributed by atoms with E-state index in [1.165, 1.54) is 0 Å². The minimum absolute atomic E-state index is 0.0447. The average molecular weight is 355 g/mol. The lowest BCUT2D eigenvalue weighted by molar-refractivity contribution is 0.0225. The molecule has 26 heavy (non-hydrogen) atoms. The molecule has 0 spiro atoms. The summed E-state index contributed by atoms with van der Waals surface area (Å²) in [4.78, 5) is 31.0. The molecule has 1 unspecified atom stereocenters. The number of amides is 2. The van der Waals surface area contributed by atoms with Crippen molar-refractivity contribution in [2.75, 3.05) is 13.1 Å². The van der Waals surface area contributed by atoms with Crippen LogP contribution < -0.4 is 5.32 Å². The maximum atomic E-state index is 12.6. The number of benzene rings is 1. The third-order valence-electron chi connectivity index (χ3n) is 4.38. The number of carbonyl (C=O) groups is 2. The normalized spacial score (nSPS) is 17.3. The molecule has 3 rings (SSSR count). The summed E-state index contributed by atoms with van der Waals surface area (Å²) in [6.07, 6.45) is 3.13. The Kier molecular flexibility index (Phi) is 5.11. The van der Waals surface area contributed by atoms with E-state index in [0.717, 1.165) is 18.2 Å². The molecule has 1 fully saturated rings. The fourth-order valence-corrected chi connectivity index (χ4v) is 3.20. The van der Waals surface area contributed by atoms with Gasteiger partial charge < -0.3 is 15.0 Å². The second kappa shape index (κ2) is 7.32. The number of nitrogens with zero attached hydrogens (tertiary/aromatic N) is 2. The first-order valence-electron chi connectivity index (χ1n) is 8.97. The van der Waals surface area contributed by atoms with Crippen LogP contribution in [0.3, 0.4) is 0 Å². The maximum absolute atomic E-state index is 12.6. The lowest BCUT2D eigenvalue weighted by Gasteiger charge is -2.28. The van der Waals surface area contributed by atoms with Gasteiger partial charge in [0.2, 0.25) is 0 Å². The highest BCUT2D eigenvalue weighted by atomic mass is 16.6. The predicted octanol–water partition coefficient (Wildman–Crippen LogP) is 3.36. The lowest BCUT2D eigenvalue weighted by Crippen LogP contribution is -2.45. The smallest absolute Gasteiger partial charge is 0.410 e. The van der Waals surface area contributed by atoms with Gasteiger partial charge in [-0.1, -0.05) is 18.2 Å². The second-order valence-electron chi connectivity index (χ2n) is 7.56. The highest BCUT2D eigenvalue weighted by Gasteiger charge is 2.32. The van der Waals surface area contributed by atoms with E-state index in [4.69, 9.17) is 4.74 Å². The molecule has 1 aliphatic rings. The van der Waals surface area contributed by atoms with Gasteiger partial charge in [0.25, 0.3) is 5.91 Å². The molecule has 6 nitrogen and oxygen atoms in total. The van der Waals surface area contributed by atoms with E-state index < -0.39 is 5.60 Å². The average Bonchev–Trinajstić information content (AvgIpc) is 3.06. The van der Waals surface area contributed by atoms with E-state index in [2.05, 4.69) is 10.3 Å². The Morgan fingerprint density at radius 2 is 2.04 bits per heavy atom. The van der Waals surface area contributed by atoms with Gasteiger partial charge in [0.1, 0.15) is 5.60 Å². The van der Waals surface area contributed by atoms with Gasteiger partial charge in [0.15, 0.2) is 0 Å². The summed E-state index contributed by atoms with van der Waals surface area (Å²) in [6, 6.07) is 9.28. The third kappa shape index (κ3) is 4.12. The second-order valence-corrected chi connectivity index (χ2v) is 7.56. The van der Waals surface area contributed by atoms with E-state index in [1.807, 2.05) is 45.0 Å². The Hall–Kier alpha value is -2.63. The zero-order valence-electron chi connectivity index (χ0n) is 15.5. The third-order valence-corrected chi connectivity index (χ3v) is 4.38. The molecule has 1 saturated heterocycles. The Labute approximate surface area is 153 Å². The molecule has 0 radical (unpaired) electrons. The minimum atomic E-state index is -0.526. The Morgan fingerprint density at radius 3 is 2.81 bits per heavy atom. The van der Waals surface area contributed by atoms with Crippen LogP contribution in [0.4, 0.5) is 4.79 Å². The van der Waals surface area contributed by atoms with Crippen molar-refractivity contribution in [3.63, 3.8) is 0 Å². The van der Waals surface area contributed by atoms with E-state index in [9.17, 15) is 9.59 Å². The van der Waals surface area contributed by atoms with Crippen LogP contribution >= 0.6 is 0 Å². The largest absolute Gasteiger partial charge is 0.444 e. The number of fused-ring (bicyclic) bond motifs is 1. The number of aromatic nitrogens is 1. The number of hydrogen-bond acceptors (Lipinski definition) is 4. The number of hydrogen-bond donors (Lipinski definition) is 1. The number of nitrogens with one attached hydrogen (secondary N) is 1. The first-order valence-corrected chi connectivity index (χ1v) is 8.97. The lowest BCUT2D eigenvalue weighted by atomic mass is 10.1. The summed E-state index contributed by atoms with van der Waals surface area (Å²) in [6.45, 7) is 6.62. The van der Waals surface area contributed by atoms with E-state index in [1.54, 1.807) is 17.2 Å². The zero-order chi connectivity index (χ0) is 18.7. The summed E-state index contributed by atoms with van der Waals surface area (Å²) >= 11 is 0. The molecule has 1 atom stereocenters. The van der Waals surface area contributed by atoms with Crippen molar-refractivity contribution in [3.8, 4) is 0 Å². The molecule has 0 saturated carbocycles. The molecule has 138 valence electrons. The van der Waals surface area contributed by atoms with Crippen molar-refractivity contribution < 1.29 is 14.3 Å². The van der Waals surface area contributed by atoms with E-state index >= 15 is 0 Å². The van der Waals surface area contributed by atoms with Crippen molar-refractivity contribution in [2.24, 2.45) is 0 Å². The van der Waals surface area contributed by atoms with Crippen molar-refractivity contribution in [3.05, 3.63) is 42.1 Å². The van der Waals surface area contributed by atoms with E-state index in [0.29, 0.717) is 24.2 Å². The van der Waals surface area contributed by atoms with Crippen LogP contribution in [0.15, 0.2) is 36.5 Å². The topological polar surface area (TPSA) is 71.5 Å². The number of rotatable bonds is 3. The highest BCUT2D eigenvalue weighted by molar-refractivity contribution is 6.05. The summed E-state index contributed by atoms with van der Waals surface area (Å²) in [5.41, 5.74) is 0.704. The maximum Gasteiger partial charge on any atom is 0.410 e. The van der Waals surface area contributed by atoms with Crippen molar-refractivity contribution in [2.45, 2.75) is 45.3 Å². The fourth-order valence-electron chi connectivity index (χ4n) is 3.20. The number of likely N-dealkylation sites (tertiary alicyclic amines) is 1. The van der Waals surface area contributed by atoms with Crippen LogP contribution in [-0.2, 0) is 4.74 Å². The molecule has 1 aromatic carbocycles. The molecule has 6 heteroatoms. The zero-order valence-corrected chi connectivity index (χ0v) is 15.5. The molecule has 1 N–H and O–H groups in total. The summed E-state index contributed by atoms with van der Waals surface area (Å²) in [7, 11) is 0. The van der Waals surface area contributed by atoms with Gasteiger partial charge >= 0.3 is 6.09 Å².